The first kappa shape index (κ1) is 28.6. The first-order chi connectivity index (χ1) is 19.6. The van der Waals surface area contributed by atoms with Crippen LogP contribution < -0.4 is 0 Å². The molecule has 3 nitrogen and oxygen atoms in total. The van der Waals surface area contributed by atoms with Crippen LogP contribution in [0.4, 0.5) is 0 Å². The third-order valence-electron chi connectivity index (χ3n) is 9.25. The Morgan fingerprint density at radius 3 is 1.76 bits per heavy atom. The SMILES string of the molecule is O=C(O)C(C(O)C[C@@]1(c2ccc(Cl)cc2)CCc2ccc(Cl)cc21)[C@@]1(c2ccc(Cl)cc2)CCc2ccc(Cl)cc21. The van der Waals surface area contributed by atoms with Gasteiger partial charge in [0.1, 0.15) is 0 Å². The van der Waals surface area contributed by atoms with Crippen LogP contribution in [-0.2, 0) is 28.5 Å². The molecule has 0 saturated carbocycles. The molecule has 2 aliphatic carbocycles. The van der Waals surface area contributed by atoms with Crippen LogP contribution in [-0.4, -0.2) is 22.3 Å². The number of halogens is 4. The Hall–Kier alpha value is -2.53. The Morgan fingerprint density at radius 1 is 0.683 bits per heavy atom. The Labute approximate surface area is 259 Å². The summed E-state index contributed by atoms with van der Waals surface area (Å²) in [6.45, 7) is 0. The third-order valence-corrected chi connectivity index (χ3v) is 10.2. The minimum absolute atomic E-state index is 0.199. The van der Waals surface area contributed by atoms with Crippen LogP contribution >= 0.6 is 46.4 Å². The highest BCUT2D eigenvalue weighted by Crippen LogP contribution is 2.55. The molecule has 4 aromatic carbocycles. The summed E-state index contributed by atoms with van der Waals surface area (Å²) in [6.07, 6.45) is 1.68. The van der Waals surface area contributed by atoms with E-state index >= 15 is 0 Å². The largest absolute Gasteiger partial charge is 0.481 e. The van der Waals surface area contributed by atoms with Gasteiger partial charge in [0.15, 0.2) is 0 Å². The Morgan fingerprint density at radius 2 is 1.17 bits per heavy atom. The smallest absolute Gasteiger partial charge is 0.310 e. The van der Waals surface area contributed by atoms with Gasteiger partial charge in [-0.2, -0.15) is 0 Å². The van der Waals surface area contributed by atoms with E-state index in [-0.39, 0.29) is 6.42 Å². The van der Waals surface area contributed by atoms with Crippen LogP contribution in [0.2, 0.25) is 20.1 Å². The number of aliphatic carboxylic acids is 1. The van der Waals surface area contributed by atoms with Crippen molar-refractivity contribution in [3.8, 4) is 0 Å². The average molecular weight is 626 g/mol. The maximum absolute atomic E-state index is 13.4. The zero-order valence-electron chi connectivity index (χ0n) is 22.1. The second kappa shape index (κ2) is 10.9. The van der Waals surface area contributed by atoms with Gasteiger partial charge in [0, 0.05) is 30.9 Å². The maximum Gasteiger partial charge on any atom is 0.310 e. The summed E-state index contributed by atoms with van der Waals surface area (Å²) in [5, 5.41) is 25.5. The quantitative estimate of drug-likeness (QED) is 0.216. The Bertz CT molecular complexity index is 1620. The summed E-state index contributed by atoms with van der Waals surface area (Å²) in [6, 6.07) is 26.4. The second-order valence-corrected chi connectivity index (χ2v) is 13.0. The van der Waals surface area contributed by atoms with Crippen LogP contribution in [0.25, 0.3) is 0 Å². The molecule has 2 aliphatic rings. The third kappa shape index (κ3) is 4.86. The lowest BCUT2D eigenvalue weighted by atomic mass is 9.61. The van der Waals surface area contributed by atoms with Crippen molar-refractivity contribution in [3.05, 3.63) is 138 Å². The molecule has 4 atom stereocenters. The molecule has 2 unspecified atom stereocenters. The van der Waals surface area contributed by atoms with Gasteiger partial charge < -0.3 is 10.2 Å². The van der Waals surface area contributed by atoms with Crippen molar-refractivity contribution in [2.75, 3.05) is 0 Å². The number of fused-ring (bicyclic) bond motifs is 2. The number of hydrogen-bond donors (Lipinski definition) is 2. The molecule has 0 bridgehead atoms. The van der Waals surface area contributed by atoms with Gasteiger partial charge in [-0.05, 0) is 114 Å². The zero-order chi connectivity index (χ0) is 28.9. The summed E-state index contributed by atoms with van der Waals surface area (Å²) >= 11 is 25.5. The maximum atomic E-state index is 13.4. The van der Waals surface area contributed by atoms with Crippen molar-refractivity contribution in [2.24, 2.45) is 5.92 Å². The summed E-state index contributed by atoms with van der Waals surface area (Å²) in [5.41, 5.74) is 4.16. The van der Waals surface area contributed by atoms with Crippen molar-refractivity contribution in [1.29, 1.82) is 0 Å². The first-order valence-corrected chi connectivity index (χ1v) is 15.2. The van der Waals surface area contributed by atoms with Gasteiger partial charge >= 0.3 is 5.97 Å². The van der Waals surface area contributed by atoms with E-state index in [9.17, 15) is 15.0 Å². The molecule has 4 aromatic rings. The molecule has 6 rings (SSSR count). The second-order valence-electron chi connectivity index (χ2n) is 11.3. The van der Waals surface area contributed by atoms with Crippen molar-refractivity contribution in [1.82, 2.24) is 0 Å². The Balaban J connectivity index is 1.52. The fourth-order valence-corrected chi connectivity index (χ4v) is 8.07. The zero-order valence-corrected chi connectivity index (χ0v) is 25.1. The number of aliphatic hydroxyl groups is 1. The normalized spacial score (nSPS) is 22.7. The van der Waals surface area contributed by atoms with E-state index < -0.39 is 28.8 Å². The molecule has 0 aliphatic heterocycles. The number of aryl methyl sites for hydroxylation is 2. The molecular formula is C34H28Cl4O3. The van der Waals surface area contributed by atoms with Gasteiger partial charge in [-0.3, -0.25) is 4.79 Å². The monoisotopic (exact) mass is 624 g/mol. The van der Waals surface area contributed by atoms with Crippen molar-refractivity contribution in [2.45, 2.75) is 49.0 Å². The summed E-state index contributed by atoms with van der Waals surface area (Å²) in [4.78, 5) is 13.4. The molecule has 0 radical (unpaired) electrons. The molecular weight excluding hydrogens is 598 g/mol. The topological polar surface area (TPSA) is 57.5 Å². The minimum Gasteiger partial charge on any atom is -0.481 e. The van der Waals surface area contributed by atoms with Crippen molar-refractivity contribution < 1.29 is 15.0 Å². The molecule has 2 N–H and O–H groups in total. The van der Waals surface area contributed by atoms with Gasteiger partial charge in [0.2, 0.25) is 0 Å². The standard InChI is InChI=1S/C34H28Cl4O3/c35-24-9-3-22(4-10-24)33(15-13-20-1-7-26(37)17-28(20)33)19-30(39)31(32(40)41)34(23-5-11-25(36)12-6-23)16-14-21-2-8-27(38)18-29(21)34/h1-12,17-18,30-31,39H,13-16,19H2,(H,40,41)/t30?,31?,33-,34-/m1/s1. The highest BCUT2D eigenvalue weighted by molar-refractivity contribution is 6.31. The van der Waals surface area contributed by atoms with Gasteiger partial charge in [-0.1, -0.05) is 82.8 Å². The van der Waals surface area contributed by atoms with Crippen LogP contribution in [0.1, 0.15) is 52.6 Å². The lowest BCUT2D eigenvalue weighted by Gasteiger charge is -2.42. The van der Waals surface area contributed by atoms with Gasteiger partial charge in [0.05, 0.1) is 12.0 Å². The molecule has 0 heterocycles. The van der Waals surface area contributed by atoms with E-state index in [0.29, 0.717) is 39.4 Å². The number of carboxylic acids is 1. The minimum atomic E-state index is -1.21. The summed E-state index contributed by atoms with van der Waals surface area (Å²) < 4.78 is 0. The molecule has 0 aromatic heterocycles. The van der Waals surface area contributed by atoms with Gasteiger partial charge in [0.25, 0.3) is 0 Å². The van der Waals surface area contributed by atoms with E-state index in [1.807, 2.05) is 72.8 Å². The molecule has 0 saturated heterocycles. The number of hydrogen-bond acceptors (Lipinski definition) is 2. The molecule has 0 spiro atoms. The van der Waals surface area contributed by atoms with E-state index in [0.717, 1.165) is 39.8 Å². The van der Waals surface area contributed by atoms with E-state index in [1.165, 1.54) is 0 Å². The van der Waals surface area contributed by atoms with Crippen LogP contribution in [0, 0.1) is 5.92 Å². The van der Waals surface area contributed by atoms with E-state index in [1.54, 1.807) is 12.1 Å². The predicted molar refractivity (Wildman–Crippen MR) is 166 cm³/mol. The van der Waals surface area contributed by atoms with Gasteiger partial charge in [-0.15, -0.1) is 0 Å². The first-order valence-electron chi connectivity index (χ1n) is 13.6. The van der Waals surface area contributed by atoms with Crippen molar-refractivity contribution in [3.63, 3.8) is 0 Å². The number of aliphatic hydroxyl groups excluding tert-OH is 1. The number of carboxylic acid groups (broad SMARTS) is 1. The molecule has 0 amide bonds. The molecule has 41 heavy (non-hydrogen) atoms. The van der Waals surface area contributed by atoms with E-state index in [4.69, 9.17) is 46.4 Å². The molecule has 7 heteroatoms. The number of benzene rings is 4. The summed E-state index contributed by atoms with van der Waals surface area (Å²) in [5.74, 6) is -2.22. The van der Waals surface area contributed by atoms with E-state index in [2.05, 4.69) is 0 Å². The number of rotatable bonds is 7. The van der Waals surface area contributed by atoms with Crippen LogP contribution in [0.3, 0.4) is 0 Å². The lowest BCUT2D eigenvalue weighted by molar-refractivity contribution is -0.149. The predicted octanol–water partition coefficient (Wildman–Crippen LogP) is 8.92. The van der Waals surface area contributed by atoms with Crippen LogP contribution in [0.15, 0.2) is 84.9 Å². The fraction of sp³-hybridized carbons (Fsp3) is 0.265. The highest BCUT2D eigenvalue weighted by Gasteiger charge is 2.55. The number of carbonyl (C=O) groups is 1. The molecule has 210 valence electrons. The molecule has 0 fully saturated rings. The van der Waals surface area contributed by atoms with Gasteiger partial charge in [-0.25, -0.2) is 0 Å². The highest BCUT2D eigenvalue weighted by atomic mass is 35.5. The fourth-order valence-electron chi connectivity index (χ4n) is 7.47. The van der Waals surface area contributed by atoms with Crippen molar-refractivity contribution >= 4 is 52.4 Å². The average Bonchev–Trinajstić information content (AvgIpc) is 3.49. The van der Waals surface area contributed by atoms with Crippen LogP contribution in [0.5, 0.6) is 0 Å². The lowest BCUT2D eigenvalue weighted by Crippen LogP contribution is -2.48. The summed E-state index contributed by atoms with van der Waals surface area (Å²) in [7, 11) is 0. The Kier molecular flexibility index (Phi) is 7.63.